The summed E-state index contributed by atoms with van der Waals surface area (Å²) >= 11 is 1.56. The Balaban J connectivity index is 1.38. The van der Waals surface area contributed by atoms with Crippen LogP contribution >= 0.6 is 11.3 Å². The van der Waals surface area contributed by atoms with E-state index in [1.165, 1.54) is 16.9 Å². The molecule has 4 aliphatic rings. The average Bonchev–Trinajstić information content (AvgIpc) is 3.41. The van der Waals surface area contributed by atoms with Gasteiger partial charge in [0.15, 0.2) is 23.1 Å². The Morgan fingerprint density at radius 1 is 0.932 bits per heavy atom. The predicted octanol–water partition coefficient (Wildman–Crippen LogP) is 3.91. The zero-order valence-electron chi connectivity index (χ0n) is 23.5. The van der Waals surface area contributed by atoms with Crippen LogP contribution in [0.4, 0.5) is 8.78 Å². The van der Waals surface area contributed by atoms with Gasteiger partial charge in [0.2, 0.25) is 5.43 Å². The summed E-state index contributed by atoms with van der Waals surface area (Å²) in [7, 11) is 0. The molecule has 0 bridgehead atoms. The van der Waals surface area contributed by atoms with Crippen LogP contribution in [-0.2, 0) is 16.0 Å². The molecule has 1 aliphatic carbocycles. The summed E-state index contributed by atoms with van der Waals surface area (Å²) in [6.07, 6.45) is 0.794. The summed E-state index contributed by atoms with van der Waals surface area (Å²) in [5, 5.41) is 12.7. The van der Waals surface area contributed by atoms with Crippen LogP contribution in [0.1, 0.15) is 32.5 Å². The Hall–Kier alpha value is -4.10. The SMILES string of the molecule is O=C1c2c(O)c(=O)ccn2N([C@H]2c3ccccc3-c3sc(CN4CCOCC4)cc3-c3c2ccc(F)c3F)[C@@H]2COCCN12. The first-order valence-corrected chi connectivity index (χ1v) is 15.4. The summed E-state index contributed by atoms with van der Waals surface area (Å²) in [6.45, 7) is 4.23. The number of ether oxygens (including phenoxy) is 2. The van der Waals surface area contributed by atoms with Gasteiger partial charge in [0.1, 0.15) is 6.17 Å². The molecular formula is C32H28F2N4O5S. The van der Waals surface area contributed by atoms with Crippen molar-refractivity contribution < 1.29 is 28.2 Å². The van der Waals surface area contributed by atoms with Crippen LogP contribution in [0.3, 0.4) is 0 Å². The number of carbonyl (C=O) groups is 1. The van der Waals surface area contributed by atoms with Crippen LogP contribution in [0.2, 0.25) is 0 Å². The van der Waals surface area contributed by atoms with Crippen LogP contribution in [0.5, 0.6) is 5.75 Å². The number of hydrogen-bond donors (Lipinski definition) is 1. The van der Waals surface area contributed by atoms with E-state index in [0.717, 1.165) is 40.0 Å². The summed E-state index contributed by atoms with van der Waals surface area (Å²) in [5.74, 6) is -3.07. The zero-order chi connectivity index (χ0) is 30.1. The highest BCUT2D eigenvalue weighted by molar-refractivity contribution is 7.16. The zero-order valence-corrected chi connectivity index (χ0v) is 24.4. The smallest absolute Gasteiger partial charge is 0.278 e. The van der Waals surface area contributed by atoms with E-state index >= 15 is 8.78 Å². The number of halogens is 2. The van der Waals surface area contributed by atoms with Gasteiger partial charge in [-0.15, -0.1) is 11.3 Å². The second-order valence-electron chi connectivity index (χ2n) is 11.3. The van der Waals surface area contributed by atoms with Gasteiger partial charge in [0.25, 0.3) is 5.91 Å². The maximum absolute atomic E-state index is 16.2. The quantitative estimate of drug-likeness (QED) is 0.373. The molecule has 12 heteroatoms. The first-order valence-electron chi connectivity index (χ1n) is 14.5. The maximum Gasteiger partial charge on any atom is 0.278 e. The molecule has 1 amide bonds. The van der Waals surface area contributed by atoms with Gasteiger partial charge in [-0.05, 0) is 28.8 Å². The lowest BCUT2D eigenvalue weighted by Gasteiger charge is -2.51. The Bertz CT molecular complexity index is 1870. The molecule has 9 nitrogen and oxygen atoms in total. The average molecular weight is 619 g/mol. The second kappa shape index (κ2) is 10.5. The Morgan fingerprint density at radius 3 is 2.57 bits per heavy atom. The normalized spacial score (nSPS) is 21.2. The summed E-state index contributed by atoms with van der Waals surface area (Å²) in [4.78, 5) is 31.9. The number of aromatic nitrogens is 1. The van der Waals surface area contributed by atoms with Crippen molar-refractivity contribution in [3.05, 3.63) is 98.3 Å². The number of aromatic hydroxyl groups is 1. The lowest BCUT2D eigenvalue weighted by atomic mass is 9.91. The lowest BCUT2D eigenvalue weighted by Crippen LogP contribution is -2.66. The van der Waals surface area contributed by atoms with Gasteiger partial charge in [-0.2, -0.15) is 0 Å². The van der Waals surface area contributed by atoms with E-state index in [1.807, 2.05) is 35.3 Å². The predicted molar refractivity (Wildman–Crippen MR) is 159 cm³/mol. The molecule has 226 valence electrons. The van der Waals surface area contributed by atoms with E-state index in [1.54, 1.807) is 22.3 Å². The van der Waals surface area contributed by atoms with Crippen molar-refractivity contribution in [3.8, 4) is 27.3 Å². The molecule has 2 saturated heterocycles. The van der Waals surface area contributed by atoms with Gasteiger partial charge >= 0.3 is 0 Å². The van der Waals surface area contributed by atoms with Crippen molar-refractivity contribution in [1.29, 1.82) is 0 Å². The number of pyridine rings is 1. The number of morpholine rings is 2. The van der Waals surface area contributed by atoms with Crippen LogP contribution in [0.15, 0.2) is 59.5 Å². The molecule has 2 aromatic carbocycles. The van der Waals surface area contributed by atoms with Crippen LogP contribution < -0.4 is 10.4 Å². The lowest BCUT2D eigenvalue weighted by molar-refractivity contribution is -0.0196. The Morgan fingerprint density at radius 2 is 1.73 bits per heavy atom. The monoisotopic (exact) mass is 618 g/mol. The van der Waals surface area contributed by atoms with Crippen molar-refractivity contribution in [2.75, 3.05) is 51.1 Å². The molecule has 2 aromatic heterocycles. The molecule has 0 radical (unpaired) electrons. The third-order valence-corrected chi connectivity index (χ3v) is 10.0. The van der Waals surface area contributed by atoms with Crippen molar-refractivity contribution in [2.45, 2.75) is 18.8 Å². The molecule has 2 fully saturated rings. The summed E-state index contributed by atoms with van der Waals surface area (Å²) in [5.41, 5.74) is 2.06. The van der Waals surface area contributed by atoms with Crippen molar-refractivity contribution in [3.63, 3.8) is 0 Å². The number of amides is 1. The van der Waals surface area contributed by atoms with E-state index in [2.05, 4.69) is 4.90 Å². The number of hydrogen-bond acceptors (Lipinski definition) is 8. The molecule has 0 spiro atoms. The van der Waals surface area contributed by atoms with Gasteiger partial charge in [-0.25, -0.2) is 8.78 Å². The van der Waals surface area contributed by atoms with Crippen LogP contribution in [0.25, 0.3) is 21.6 Å². The number of nitrogens with zero attached hydrogens (tertiary/aromatic N) is 4. The van der Waals surface area contributed by atoms with Gasteiger partial charge in [0, 0.05) is 59.3 Å². The van der Waals surface area contributed by atoms with Crippen molar-refractivity contribution >= 4 is 17.2 Å². The van der Waals surface area contributed by atoms with E-state index in [0.29, 0.717) is 30.9 Å². The fourth-order valence-electron chi connectivity index (χ4n) is 6.88. The molecule has 3 aliphatic heterocycles. The highest BCUT2D eigenvalue weighted by Crippen LogP contribution is 2.52. The molecule has 44 heavy (non-hydrogen) atoms. The second-order valence-corrected chi connectivity index (χ2v) is 12.5. The maximum atomic E-state index is 16.2. The minimum Gasteiger partial charge on any atom is -0.502 e. The number of rotatable bonds is 3. The van der Waals surface area contributed by atoms with Crippen LogP contribution in [-0.4, -0.2) is 77.7 Å². The summed E-state index contributed by atoms with van der Waals surface area (Å²) < 4.78 is 44.1. The van der Waals surface area contributed by atoms with Gasteiger partial charge in [0.05, 0.1) is 32.5 Å². The number of fused-ring (bicyclic) bond motifs is 7. The third-order valence-electron chi connectivity index (χ3n) is 8.90. The van der Waals surface area contributed by atoms with Crippen LogP contribution in [0, 0.1) is 11.6 Å². The molecule has 5 heterocycles. The molecule has 0 saturated carbocycles. The Kier molecular flexibility index (Phi) is 6.56. The topological polar surface area (TPSA) is 87.5 Å². The number of thiophene rings is 1. The molecule has 2 atom stereocenters. The first-order chi connectivity index (χ1) is 21.4. The fraction of sp³-hybridized carbons (Fsp3) is 0.312. The highest BCUT2D eigenvalue weighted by Gasteiger charge is 2.46. The molecule has 0 unspecified atom stereocenters. The van der Waals surface area contributed by atoms with E-state index in [9.17, 15) is 14.7 Å². The molecule has 8 rings (SSSR count). The van der Waals surface area contributed by atoms with Gasteiger partial charge in [-0.1, -0.05) is 30.3 Å². The van der Waals surface area contributed by atoms with E-state index in [-0.39, 0.29) is 31.0 Å². The molecular weight excluding hydrogens is 590 g/mol. The largest absolute Gasteiger partial charge is 0.502 e. The highest BCUT2D eigenvalue weighted by atomic mass is 32.1. The molecule has 1 N–H and O–H groups in total. The Labute approximate surface area is 255 Å². The van der Waals surface area contributed by atoms with Crippen molar-refractivity contribution in [2.24, 2.45) is 0 Å². The van der Waals surface area contributed by atoms with Gasteiger partial charge in [-0.3, -0.25) is 24.2 Å². The minimum atomic E-state index is -0.960. The standard InChI is InChI=1S/C32H28F2N4O5S/c33-23-6-5-21-26(27(23)34)22-15-18(16-35-9-12-42-13-10-35)44-31(22)20-4-2-1-3-19(20)28(21)38-25-17-43-14-11-36(25)32(41)29-30(40)24(39)7-8-37(29)38/h1-8,15,25,28,40H,9-14,16-17H2/t25-,28+/m1/s1. The van der Waals surface area contributed by atoms with Gasteiger partial charge < -0.3 is 19.5 Å². The molecule has 4 aromatic rings. The number of benzene rings is 2. The number of carbonyl (C=O) groups excluding carboxylic acids is 1. The minimum absolute atomic E-state index is 0.140. The fourth-order valence-corrected chi connectivity index (χ4v) is 8.13. The van der Waals surface area contributed by atoms with Crippen molar-refractivity contribution in [1.82, 2.24) is 14.5 Å². The van der Waals surface area contributed by atoms with E-state index in [4.69, 9.17) is 9.47 Å². The van der Waals surface area contributed by atoms with E-state index < -0.39 is 40.9 Å². The first kappa shape index (κ1) is 27.4. The summed E-state index contributed by atoms with van der Waals surface area (Å²) in [6, 6.07) is 12.9. The third kappa shape index (κ3) is 4.12.